The van der Waals surface area contributed by atoms with Crippen molar-refractivity contribution < 1.29 is 15.0 Å². The first-order valence-electron chi connectivity index (χ1n) is 6.72. The molecule has 0 saturated carbocycles. The van der Waals surface area contributed by atoms with Crippen LogP contribution in [0.4, 0.5) is 0 Å². The molecular formula is C17H18O3. The smallest absolute Gasteiger partial charge is 0.133 e. The molecule has 0 spiro atoms. The SMILES string of the molecule is O=C(CCc1ccccc1O)CCc1ccccc1O. The highest BCUT2D eigenvalue weighted by Gasteiger charge is 2.07. The van der Waals surface area contributed by atoms with E-state index in [4.69, 9.17) is 0 Å². The second-order valence-electron chi connectivity index (χ2n) is 4.80. The summed E-state index contributed by atoms with van der Waals surface area (Å²) in [5.74, 6) is 0.610. The summed E-state index contributed by atoms with van der Waals surface area (Å²) >= 11 is 0. The van der Waals surface area contributed by atoms with E-state index >= 15 is 0 Å². The number of aromatic hydroxyl groups is 2. The van der Waals surface area contributed by atoms with Gasteiger partial charge in [0.1, 0.15) is 17.3 Å². The molecule has 2 rings (SSSR count). The van der Waals surface area contributed by atoms with E-state index < -0.39 is 0 Å². The van der Waals surface area contributed by atoms with Crippen LogP contribution in [0.1, 0.15) is 24.0 Å². The number of rotatable bonds is 6. The van der Waals surface area contributed by atoms with Gasteiger partial charge in [0.05, 0.1) is 0 Å². The summed E-state index contributed by atoms with van der Waals surface area (Å²) in [5.41, 5.74) is 1.59. The Hall–Kier alpha value is -2.29. The van der Waals surface area contributed by atoms with Crippen molar-refractivity contribution in [3.63, 3.8) is 0 Å². The topological polar surface area (TPSA) is 57.5 Å². The number of aryl methyl sites for hydroxylation is 2. The Labute approximate surface area is 118 Å². The fourth-order valence-electron chi connectivity index (χ4n) is 2.12. The molecule has 0 aliphatic rings. The molecule has 0 heterocycles. The third kappa shape index (κ3) is 3.85. The minimum Gasteiger partial charge on any atom is -0.508 e. The number of benzene rings is 2. The van der Waals surface area contributed by atoms with Crippen molar-refractivity contribution in [3.8, 4) is 11.5 Å². The highest BCUT2D eigenvalue weighted by atomic mass is 16.3. The summed E-state index contributed by atoms with van der Waals surface area (Å²) in [6.07, 6.45) is 1.91. The molecule has 2 N–H and O–H groups in total. The predicted octanol–water partition coefficient (Wildman–Crippen LogP) is 3.23. The maximum absolute atomic E-state index is 11.8. The summed E-state index contributed by atoms with van der Waals surface area (Å²) in [5, 5.41) is 19.2. The molecule has 3 nitrogen and oxygen atoms in total. The van der Waals surface area contributed by atoms with Crippen LogP contribution in [0.3, 0.4) is 0 Å². The fourth-order valence-corrected chi connectivity index (χ4v) is 2.12. The van der Waals surface area contributed by atoms with Crippen LogP contribution in [0.2, 0.25) is 0 Å². The maximum atomic E-state index is 11.8. The first-order valence-corrected chi connectivity index (χ1v) is 6.72. The molecule has 2 aromatic rings. The van der Waals surface area contributed by atoms with Gasteiger partial charge in [-0.25, -0.2) is 0 Å². The summed E-state index contributed by atoms with van der Waals surface area (Å²) < 4.78 is 0. The third-order valence-corrected chi connectivity index (χ3v) is 3.33. The number of hydrogen-bond donors (Lipinski definition) is 2. The third-order valence-electron chi connectivity index (χ3n) is 3.33. The Morgan fingerprint density at radius 1 is 0.750 bits per heavy atom. The summed E-state index contributed by atoms with van der Waals surface area (Å²) in [7, 11) is 0. The second kappa shape index (κ2) is 6.75. The van der Waals surface area contributed by atoms with Crippen LogP contribution in [-0.2, 0) is 17.6 Å². The van der Waals surface area contributed by atoms with E-state index in [2.05, 4.69) is 0 Å². The fraction of sp³-hybridized carbons (Fsp3) is 0.235. The number of ketones is 1. The molecule has 2 aromatic carbocycles. The number of para-hydroxylation sites is 2. The number of carbonyl (C=O) groups excluding carboxylic acids is 1. The molecule has 0 bridgehead atoms. The van der Waals surface area contributed by atoms with Gasteiger partial charge in [0.25, 0.3) is 0 Å². The number of phenols is 2. The Kier molecular flexibility index (Phi) is 4.77. The Balaban J connectivity index is 1.82. The van der Waals surface area contributed by atoms with Gasteiger partial charge in [-0.05, 0) is 36.1 Å². The van der Waals surface area contributed by atoms with E-state index in [-0.39, 0.29) is 17.3 Å². The van der Waals surface area contributed by atoms with Gasteiger partial charge in [0, 0.05) is 12.8 Å². The largest absolute Gasteiger partial charge is 0.508 e. The highest BCUT2D eigenvalue weighted by molar-refractivity contribution is 5.79. The molecule has 0 atom stereocenters. The lowest BCUT2D eigenvalue weighted by Gasteiger charge is -2.05. The summed E-state index contributed by atoms with van der Waals surface area (Å²) in [6, 6.07) is 14.1. The van der Waals surface area contributed by atoms with Gasteiger partial charge in [0.2, 0.25) is 0 Å². The van der Waals surface area contributed by atoms with Gasteiger partial charge in [-0.3, -0.25) is 4.79 Å². The van der Waals surface area contributed by atoms with Crippen LogP contribution in [0.25, 0.3) is 0 Å². The first kappa shape index (κ1) is 14.1. The molecule has 0 saturated heterocycles. The average molecular weight is 270 g/mol. The minimum absolute atomic E-state index is 0.136. The van der Waals surface area contributed by atoms with Gasteiger partial charge in [-0.15, -0.1) is 0 Å². The van der Waals surface area contributed by atoms with Crippen LogP contribution >= 0.6 is 0 Å². The van der Waals surface area contributed by atoms with Crippen LogP contribution in [-0.4, -0.2) is 16.0 Å². The first-order chi connectivity index (χ1) is 9.66. The van der Waals surface area contributed by atoms with Crippen molar-refractivity contribution in [2.75, 3.05) is 0 Å². The van der Waals surface area contributed by atoms with Gasteiger partial charge in [0.15, 0.2) is 0 Å². The Morgan fingerprint density at radius 3 is 1.55 bits per heavy atom. The quantitative estimate of drug-likeness (QED) is 0.847. The molecule has 0 aliphatic heterocycles. The van der Waals surface area contributed by atoms with Gasteiger partial charge >= 0.3 is 0 Å². The highest BCUT2D eigenvalue weighted by Crippen LogP contribution is 2.19. The minimum atomic E-state index is 0.136. The lowest BCUT2D eigenvalue weighted by Crippen LogP contribution is -2.02. The van der Waals surface area contributed by atoms with Gasteiger partial charge in [-0.1, -0.05) is 36.4 Å². The summed E-state index contributed by atoms with van der Waals surface area (Å²) in [6.45, 7) is 0. The van der Waals surface area contributed by atoms with Crippen LogP contribution in [0, 0.1) is 0 Å². The lowest BCUT2D eigenvalue weighted by molar-refractivity contribution is -0.119. The molecular weight excluding hydrogens is 252 g/mol. The molecule has 0 aliphatic carbocycles. The normalized spacial score (nSPS) is 10.4. The van der Waals surface area contributed by atoms with E-state index in [1.54, 1.807) is 24.3 Å². The van der Waals surface area contributed by atoms with Crippen molar-refractivity contribution in [2.45, 2.75) is 25.7 Å². The van der Waals surface area contributed by atoms with E-state index in [0.29, 0.717) is 25.7 Å². The number of Topliss-reactive ketones (excluding diaryl/α,β-unsaturated/α-hetero) is 1. The zero-order valence-corrected chi connectivity index (χ0v) is 11.2. The number of phenolic OH excluding ortho intramolecular Hbond substituents is 2. The van der Waals surface area contributed by atoms with E-state index in [1.807, 2.05) is 24.3 Å². The Morgan fingerprint density at radius 2 is 1.15 bits per heavy atom. The molecule has 0 unspecified atom stereocenters. The molecule has 0 amide bonds. The van der Waals surface area contributed by atoms with Crippen molar-refractivity contribution in [2.24, 2.45) is 0 Å². The predicted molar refractivity (Wildman–Crippen MR) is 77.9 cm³/mol. The zero-order valence-electron chi connectivity index (χ0n) is 11.2. The molecule has 20 heavy (non-hydrogen) atoms. The van der Waals surface area contributed by atoms with E-state index in [0.717, 1.165) is 11.1 Å². The van der Waals surface area contributed by atoms with Crippen molar-refractivity contribution in [1.82, 2.24) is 0 Å². The van der Waals surface area contributed by atoms with Crippen molar-refractivity contribution in [1.29, 1.82) is 0 Å². The Bertz CT molecular complexity index is 539. The zero-order chi connectivity index (χ0) is 14.4. The molecule has 0 aromatic heterocycles. The molecule has 104 valence electrons. The standard InChI is InChI=1S/C17H18O3/c18-15(11-9-13-5-1-3-7-16(13)19)12-10-14-6-2-4-8-17(14)20/h1-8,19-20H,9-12H2. The van der Waals surface area contributed by atoms with Crippen LogP contribution in [0.5, 0.6) is 11.5 Å². The average Bonchev–Trinajstić information content (AvgIpc) is 2.45. The number of carbonyl (C=O) groups is 1. The van der Waals surface area contributed by atoms with Gasteiger partial charge in [-0.2, -0.15) is 0 Å². The van der Waals surface area contributed by atoms with Gasteiger partial charge < -0.3 is 10.2 Å². The molecule has 3 heteroatoms. The van der Waals surface area contributed by atoms with Crippen molar-refractivity contribution >= 4 is 5.78 Å². The molecule has 0 radical (unpaired) electrons. The summed E-state index contributed by atoms with van der Waals surface area (Å²) in [4.78, 5) is 11.8. The van der Waals surface area contributed by atoms with Crippen molar-refractivity contribution in [3.05, 3.63) is 59.7 Å². The van der Waals surface area contributed by atoms with E-state index in [9.17, 15) is 15.0 Å². The maximum Gasteiger partial charge on any atom is 0.133 e. The monoisotopic (exact) mass is 270 g/mol. The van der Waals surface area contributed by atoms with E-state index in [1.165, 1.54) is 0 Å². The number of hydrogen-bond acceptors (Lipinski definition) is 3. The van der Waals surface area contributed by atoms with Crippen LogP contribution < -0.4 is 0 Å². The van der Waals surface area contributed by atoms with Crippen LogP contribution in [0.15, 0.2) is 48.5 Å². The molecule has 0 fully saturated rings. The lowest BCUT2D eigenvalue weighted by atomic mass is 10.0. The second-order valence-corrected chi connectivity index (χ2v) is 4.80.